The third-order valence-electron chi connectivity index (χ3n) is 4.21. The summed E-state index contributed by atoms with van der Waals surface area (Å²) in [6.07, 6.45) is 1.57. The Morgan fingerprint density at radius 3 is 2.65 bits per heavy atom. The normalized spacial score (nSPS) is 15.7. The van der Waals surface area contributed by atoms with Gasteiger partial charge in [0.25, 0.3) is 0 Å². The Labute approximate surface area is 168 Å². The average molecular weight is 477 g/mol. The van der Waals surface area contributed by atoms with E-state index < -0.39 is 11.6 Å². The van der Waals surface area contributed by atoms with Crippen LogP contribution in [-0.4, -0.2) is 54.1 Å². The van der Waals surface area contributed by atoms with Gasteiger partial charge in [-0.25, -0.2) is 8.78 Å². The first-order valence-electron chi connectivity index (χ1n) is 8.17. The molecule has 0 aliphatic carbocycles. The fourth-order valence-corrected chi connectivity index (χ4v) is 2.85. The molecule has 9 heteroatoms. The van der Waals surface area contributed by atoms with Crippen LogP contribution in [0.2, 0.25) is 0 Å². The number of aliphatic imine (C=N–C) groups is 1. The number of guanidine groups is 1. The predicted molar refractivity (Wildman–Crippen MR) is 105 cm³/mol. The minimum atomic E-state index is -0.449. The molecule has 0 unspecified atom stereocenters. The SMILES string of the molecule is CN=C(NCc1cc(F)ccc1F)N1CCN(Cc2ccon2)CC1.I. The van der Waals surface area contributed by atoms with Gasteiger partial charge in [0, 0.05) is 57.9 Å². The zero-order valence-corrected chi connectivity index (χ0v) is 16.8. The van der Waals surface area contributed by atoms with Crippen molar-refractivity contribution in [3.05, 3.63) is 53.4 Å². The van der Waals surface area contributed by atoms with Gasteiger partial charge >= 0.3 is 0 Å². The fraction of sp³-hybridized carbons (Fsp3) is 0.412. The molecule has 0 radical (unpaired) electrons. The highest BCUT2D eigenvalue weighted by Crippen LogP contribution is 2.10. The molecule has 1 aliphatic heterocycles. The summed E-state index contributed by atoms with van der Waals surface area (Å²) in [5, 5.41) is 7.03. The molecule has 0 bridgehead atoms. The number of rotatable bonds is 4. The quantitative estimate of drug-likeness (QED) is 0.417. The molecule has 0 saturated carbocycles. The molecule has 142 valence electrons. The van der Waals surface area contributed by atoms with Crippen molar-refractivity contribution in [2.75, 3.05) is 33.2 Å². The number of hydrogen-bond donors (Lipinski definition) is 1. The van der Waals surface area contributed by atoms with E-state index in [4.69, 9.17) is 4.52 Å². The number of hydrogen-bond acceptors (Lipinski definition) is 4. The molecule has 0 amide bonds. The molecular formula is C17H22F2IN5O. The maximum atomic E-state index is 13.7. The van der Waals surface area contributed by atoms with Gasteiger partial charge < -0.3 is 14.7 Å². The summed E-state index contributed by atoms with van der Waals surface area (Å²) >= 11 is 0. The van der Waals surface area contributed by atoms with Gasteiger partial charge in [-0.05, 0) is 18.2 Å². The van der Waals surface area contributed by atoms with E-state index in [1.165, 1.54) is 6.07 Å². The Hall–Kier alpha value is -1.75. The molecule has 1 aromatic carbocycles. The smallest absolute Gasteiger partial charge is 0.194 e. The minimum absolute atomic E-state index is 0. The summed E-state index contributed by atoms with van der Waals surface area (Å²) in [5.74, 6) is -0.193. The highest BCUT2D eigenvalue weighted by atomic mass is 127. The predicted octanol–water partition coefficient (Wildman–Crippen LogP) is 2.46. The van der Waals surface area contributed by atoms with Crippen molar-refractivity contribution >= 4 is 29.9 Å². The maximum absolute atomic E-state index is 13.7. The molecule has 2 aromatic rings. The number of piperazine rings is 1. The maximum Gasteiger partial charge on any atom is 0.194 e. The molecule has 2 heterocycles. The van der Waals surface area contributed by atoms with Crippen molar-refractivity contribution in [2.45, 2.75) is 13.1 Å². The van der Waals surface area contributed by atoms with Crippen LogP contribution in [0.4, 0.5) is 8.78 Å². The van der Waals surface area contributed by atoms with Crippen molar-refractivity contribution in [3.63, 3.8) is 0 Å². The van der Waals surface area contributed by atoms with Gasteiger partial charge in [-0.2, -0.15) is 0 Å². The first kappa shape index (κ1) is 20.6. The summed E-state index contributed by atoms with van der Waals surface area (Å²) in [5.41, 5.74) is 1.20. The fourth-order valence-electron chi connectivity index (χ4n) is 2.85. The Morgan fingerprint density at radius 2 is 2.00 bits per heavy atom. The Kier molecular flexibility index (Phi) is 7.76. The number of halogens is 3. The number of benzene rings is 1. The standard InChI is InChI=1S/C17H21F2N5O.HI/c1-20-17(21-11-13-10-14(18)2-3-16(13)19)24-7-5-23(6-8-24)12-15-4-9-25-22-15;/h2-4,9-10H,5-8,11-12H2,1H3,(H,20,21);1H. The van der Waals surface area contributed by atoms with Crippen LogP contribution in [0.1, 0.15) is 11.3 Å². The van der Waals surface area contributed by atoms with E-state index in [1.807, 2.05) is 6.07 Å². The van der Waals surface area contributed by atoms with Crippen molar-refractivity contribution in [1.29, 1.82) is 0 Å². The van der Waals surface area contributed by atoms with Crippen LogP contribution in [0.25, 0.3) is 0 Å². The second-order valence-corrected chi connectivity index (χ2v) is 5.89. The zero-order valence-electron chi connectivity index (χ0n) is 14.5. The second kappa shape index (κ2) is 9.81. The van der Waals surface area contributed by atoms with E-state index in [0.29, 0.717) is 5.96 Å². The topological polar surface area (TPSA) is 56.9 Å². The Morgan fingerprint density at radius 1 is 1.23 bits per heavy atom. The van der Waals surface area contributed by atoms with Crippen LogP contribution in [0.3, 0.4) is 0 Å². The Balaban J connectivity index is 0.00000243. The summed E-state index contributed by atoms with van der Waals surface area (Å²) in [7, 11) is 1.69. The second-order valence-electron chi connectivity index (χ2n) is 5.89. The third-order valence-corrected chi connectivity index (χ3v) is 4.21. The zero-order chi connectivity index (χ0) is 17.6. The van der Waals surface area contributed by atoms with Crippen LogP contribution in [0, 0.1) is 11.6 Å². The van der Waals surface area contributed by atoms with Gasteiger partial charge in [-0.3, -0.25) is 9.89 Å². The van der Waals surface area contributed by atoms with Gasteiger partial charge in [0.2, 0.25) is 0 Å². The van der Waals surface area contributed by atoms with Crippen molar-refractivity contribution in [1.82, 2.24) is 20.3 Å². The lowest BCUT2D eigenvalue weighted by Gasteiger charge is -2.36. The average Bonchev–Trinajstić information content (AvgIpc) is 3.12. The van der Waals surface area contributed by atoms with E-state index in [-0.39, 0.29) is 36.1 Å². The van der Waals surface area contributed by atoms with E-state index in [2.05, 4.69) is 25.3 Å². The Bertz CT molecular complexity index is 718. The van der Waals surface area contributed by atoms with Gasteiger partial charge in [0.05, 0.1) is 5.69 Å². The minimum Gasteiger partial charge on any atom is -0.364 e. The lowest BCUT2D eigenvalue weighted by Crippen LogP contribution is -2.52. The molecule has 26 heavy (non-hydrogen) atoms. The molecule has 1 fully saturated rings. The molecule has 1 N–H and O–H groups in total. The number of nitrogens with zero attached hydrogens (tertiary/aromatic N) is 4. The summed E-state index contributed by atoms with van der Waals surface area (Å²) < 4.78 is 31.8. The molecule has 1 saturated heterocycles. The first-order chi connectivity index (χ1) is 12.2. The summed E-state index contributed by atoms with van der Waals surface area (Å²) in [6, 6.07) is 5.31. The van der Waals surface area contributed by atoms with E-state index in [9.17, 15) is 8.78 Å². The highest BCUT2D eigenvalue weighted by molar-refractivity contribution is 14.0. The molecule has 3 rings (SSSR count). The molecule has 1 aromatic heterocycles. The molecule has 1 aliphatic rings. The van der Waals surface area contributed by atoms with Gasteiger partial charge in [0.1, 0.15) is 17.9 Å². The van der Waals surface area contributed by atoms with Crippen LogP contribution < -0.4 is 5.32 Å². The van der Waals surface area contributed by atoms with Crippen molar-refractivity contribution < 1.29 is 13.3 Å². The largest absolute Gasteiger partial charge is 0.364 e. The number of aromatic nitrogens is 1. The van der Waals surface area contributed by atoms with Crippen LogP contribution in [0.5, 0.6) is 0 Å². The van der Waals surface area contributed by atoms with Crippen LogP contribution in [0.15, 0.2) is 40.0 Å². The van der Waals surface area contributed by atoms with Gasteiger partial charge in [-0.1, -0.05) is 5.16 Å². The highest BCUT2D eigenvalue weighted by Gasteiger charge is 2.20. The van der Waals surface area contributed by atoms with Crippen molar-refractivity contribution in [3.8, 4) is 0 Å². The summed E-state index contributed by atoms with van der Waals surface area (Å²) in [6.45, 7) is 4.26. The molecular weight excluding hydrogens is 455 g/mol. The molecule has 0 spiro atoms. The van der Waals surface area contributed by atoms with E-state index in [1.54, 1.807) is 13.3 Å². The van der Waals surface area contributed by atoms with Crippen molar-refractivity contribution in [2.24, 2.45) is 4.99 Å². The lowest BCUT2D eigenvalue weighted by atomic mass is 10.2. The first-order valence-corrected chi connectivity index (χ1v) is 8.17. The van der Waals surface area contributed by atoms with E-state index >= 15 is 0 Å². The lowest BCUT2D eigenvalue weighted by molar-refractivity contribution is 0.169. The molecule has 0 atom stereocenters. The van der Waals surface area contributed by atoms with Crippen LogP contribution >= 0.6 is 24.0 Å². The number of nitrogens with one attached hydrogen (secondary N) is 1. The summed E-state index contributed by atoms with van der Waals surface area (Å²) in [4.78, 5) is 8.64. The van der Waals surface area contributed by atoms with Gasteiger partial charge in [-0.15, -0.1) is 24.0 Å². The third kappa shape index (κ3) is 5.37. The van der Waals surface area contributed by atoms with E-state index in [0.717, 1.165) is 50.6 Å². The van der Waals surface area contributed by atoms with Gasteiger partial charge in [0.15, 0.2) is 5.96 Å². The molecule has 6 nitrogen and oxygen atoms in total. The monoisotopic (exact) mass is 477 g/mol. The van der Waals surface area contributed by atoms with Crippen LogP contribution in [-0.2, 0) is 13.1 Å².